The first-order chi connectivity index (χ1) is 5.86. The van der Waals surface area contributed by atoms with E-state index in [1.54, 1.807) is 18.0 Å². The molecular weight excluding hydrogens is 168 g/mol. The molecule has 0 fully saturated rings. The van der Waals surface area contributed by atoms with Crippen LogP contribution < -0.4 is 4.74 Å². The molecule has 1 nitrogen and oxygen atoms in total. The molecular formula is C10H12OS. The van der Waals surface area contributed by atoms with E-state index in [9.17, 15) is 0 Å². The van der Waals surface area contributed by atoms with Crippen molar-refractivity contribution in [1.82, 2.24) is 0 Å². The molecule has 64 valence electrons. The molecule has 0 aliphatic heterocycles. The molecule has 0 amide bonds. The minimum absolute atomic E-state index is 0.880. The number of thioether (sulfide) groups is 1. The van der Waals surface area contributed by atoms with Crippen LogP contribution in [0.5, 0.6) is 5.75 Å². The van der Waals surface area contributed by atoms with E-state index in [-0.39, 0.29) is 0 Å². The van der Waals surface area contributed by atoms with Crippen LogP contribution in [0, 0.1) is 0 Å². The number of allylic oxidation sites excluding steroid dienone is 1. The zero-order chi connectivity index (χ0) is 8.81. The maximum Gasteiger partial charge on any atom is 0.126 e. The molecule has 0 unspecified atom stereocenters. The molecule has 0 atom stereocenters. The highest BCUT2D eigenvalue weighted by Gasteiger charge is 1.90. The van der Waals surface area contributed by atoms with E-state index >= 15 is 0 Å². The van der Waals surface area contributed by atoms with Gasteiger partial charge in [-0.1, -0.05) is 6.08 Å². The third kappa shape index (κ3) is 2.62. The van der Waals surface area contributed by atoms with Gasteiger partial charge in [0.2, 0.25) is 0 Å². The number of hydrogen-bond acceptors (Lipinski definition) is 2. The third-order valence-electron chi connectivity index (χ3n) is 1.40. The van der Waals surface area contributed by atoms with Crippen molar-refractivity contribution in [3.05, 3.63) is 36.6 Å². The summed E-state index contributed by atoms with van der Waals surface area (Å²) in [5.41, 5.74) is 0. The minimum Gasteiger partial charge on any atom is -0.465 e. The quantitative estimate of drug-likeness (QED) is 0.521. The van der Waals surface area contributed by atoms with Crippen LogP contribution in [0.1, 0.15) is 6.92 Å². The standard InChI is InChI=1S/C10H12OS/c1-3-8-11-9-4-6-10(12-2)7-5-9/h3-8H,1-2H3/b8-3-. The number of benzene rings is 1. The molecule has 0 heterocycles. The minimum atomic E-state index is 0.880. The zero-order valence-electron chi connectivity index (χ0n) is 7.28. The van der Waals surface area contributed by atoms with Gasteiger partial charge in [-0.15, -0.1) is 11.8 Å². The van der Waals surface area contributed by atoms with Crippen LogP contribution in [0.3, 0.4) is 0 Å². The van der Waals surface area contributed by atoms with Crippen LogP contribution in [0.15, 0.2) is 41.5 Å². The summed E-state index contributed by atoms with van der Waals surface area (Å²) in [5.74, 6) is 0.880. The Morgan fingerprint density at radius 3 is 2.42 bits per heavy atom. The summed E-state index contributed by atoms with van der Waals surface area (Å²) in [7, 11) is 0. The molecule has 0 aromatic heterocycles. The topological polar surface area (TPSA) is 9.23 Å². The fraction of sp³-hybridized carbons (Fsp3) is 0.200. The van der Waals surface area contributed by atoms with Crippen molar-refractivity contribution in [2.45, 2.75) is 11.8 Å². The Balaban J connectivity index is 2.64. The fourth-order valence-corrected chi connectivity index (χ4v) is 1.21. The smallest absolute Gasteiger partial charge is 0.126 e. The largest absolute Gasteiger partial charge is 0.465 e. The highest BCUT2D eigenvalue weighted by molar-refractivity contribution is 7.98. The van der Waals surface area contributed by atoms with E-state index in [4.69, 9.17) is 4.74 Å². The molecule has 0 bridgehead atoms. The molecule has 1 aromatic rings. The van der Waals surface area contributed by atoms with Crippen LogP contribution in [-0.2, 0) is 0 Å². The molecule has 0 radical (unpaired) electrons. The molecule has 12 heavy (non-hydrogen) atoms. The number of hydrogen-bond donors (Lipinski definition) is 0. The highest BCUT2D eigenvalue weighted by Crippen LogP contribution is 2.18. The van der Waals surface area contributed by atoms with Crippen molar-refractivity contribution in [1.29, 1.82) is 0 Å². The van der Waals surface area contributed by atoms with Crippen LogP contribution >= 0.6 is 11.8 Å². The first kappa shape index (κ1) is 9.20. The monoisotopic (exact) mass is 180 g/mol. The molecule has 1 aromatic carbocycles. The van der Waals surface area contributed by atoms with Gasteiger partial charge >= 0.3 is 0 Å². The van der Waals surface area contributed by atoms with Crippen LogP contribution in [-0.4, -0.2) is 6.26 Å². The molecule has 0 spiro atoms. The molecule has 0 aliphatic carbocycles. The van der Waals surface area contributed by atoms with Crippen molar-refractivity contribution in [3.8, 4) is 5.75 Å². The Bertz CT molecular complexity index is 251. The second kappa shape index (κ2) is 4.88. The first-order valence-corrected chi connectivity index (χ1v) is 5.01. The number of rotatable bonds is 3. The average molecular weight is 180 g/mol. The second-order valence-electron chi connectivity index (χ2n) is 2.26. The highest BCUT2D eigenvalue weighted by atomic mass is 32.2. The van der Waals surface area contributed by atoms with E-state index in [1.807, 2.05) is 37.3 Å². The zero-order valence-corrected chi connectivity index (χ0v) is 8.10. The van der Waals surface area contributed by atoms with Crippen LogP contribution in [0.4, 0.5) is 0 Å². The average Bonchev–Trinajstić information content (AvgIpc) is 2.15. The van der Waals surface area contributed by atoms with E-state index in [1.165, 1.54) is 4.90 Å². The van der Waals surface area contributed by atoms with Gasteiger partial charge < -0.3 is 4.74 Å². The van der Waals surface area contributed by atoms with E-state index in [2.05, 4.69) is 6.26 Å². The normalized spacial score (nSPS) is 10.5. The van der Waals surface area contributed by atoms with Gasteiger partial charge in [0.25, 0.3) is 0 Å². The summed E-state index contributed by atoms with van der Waals surface area (Å²) in [6.07, 6.45) is 5.60. The van der Waals surface area contributed by atoms with Crippen molar-refractivity contribution in [2.24, 2.45) is 0 Å². The molecule has 0 aliphatic rings. The van der Waals surface area contributed by atoms with Crippen LogP contribution in [0.2, 0.25) is 0 Å². The lowest BCUT2D eigenvalue weighted by molar-refractivity contribution is 0.480. The van der Waals surface area contributed by atoms with E-state index in [0.717, 1.165) is 5.75 Å². The SMILES string of the molecule is C/C=C\Oc1ccc(SC)cc1. The van der Waals surface area contributed by atoms with Crippen molar-refractivity contribution in [2.75, 3.05) is 6.26 Å². The molecule has 0 saturated carbocycles. The van der Waals surface area contributed by atoms with Gasteiger partial charge in [-0.25, -0.2) is 0 Å². The summed E-state index contributed by atoms with van der Waals surface area (Å²) >= 11 is 1.73. The predicted molar refractivity (Wildman–Crippen MR) is 53.7 cm³/mol. The van der Waals surface area contributed by atoms with Gasteiger partial charge in [-0.2, -0.15) is 0 Å². The first-order valence-electron chi connectivity index (χ1n) is 3.78. The van der Waals surface area contributed by atoms with Crippen molar-refractivity contribution < 1.29 is 4.74 Å². The van der Waals surface area contributed by atoms with Gasteiger partial charge in [0, 0.05) is 4.90 Å². The van der Waals surface area contributed by atoms with Gasteiger partial charge in [0.1, 0.15) is 5.75 Å². The van der Waals surface area contributed by atoms with Crippen molar-refractivity contribution >= 4 is 11.8 Å². The summed E-state index contributed by atoms with van der Waals surface area (Å²) in [6.45, 7) is 1.93. The lowest BCUT2D eigenvalue weighted by Crippen LogP contribution is -1.80. The summed E-state index contributed by atoms with van der Waals surface area (Å²) < 4.78 is 5.26. The lowest BCUT2D eigenvalue weighted by atomic mass is 10.3. The van der Waals surface area contributed by atoms with Crippen LogP contribution in [0.25, 0.3) is 0 Å². The maximum absolute atomic E-state index is 5.26. The van der Waals surface area contributed by atoms with E-state index < -0.39 is 0 Å². The summed E-state index contributed by atoms with van der Waals surface area (Å²) in [5, 5.41) is 0. The second-order valence-corrected chi connectivity index (χ2v) is 3.14. The third-order valence-corrected chi connectivity index (χ3v) is 2.14. The van der Waals surface area contributed by atoms with E-state index in [0.29, 0.717) is 0 Å². The number of ether oxygens (including phenoxy) is 1. The fourth-order valence-electron chi connectivity index (χ4n) is 0.801. The summed E-state index contributed by atoms with van der Waals surface area (Å²) in [4.78, 5) is 1.25. The van der Waals surface area contributed by atoms with Gasteiger partial charge in [0.05, 0.1) is 6.26 Å². The molecule has 0 saturated heterocycles. The predicted octanol–water partition coefficient (Wildman–Crippen LogP) is 3.32. The summed E-state index contributed by atoms with van der Waals surface area (Å²) in [6, 6.07) is 8.02. The molecule has 1 rings (SSSR count). The Labute approximate surface area is 77.4 Å². The molecule has 2 heteroatoms. The lowest BCUT2D eigenvalue weighted by Gasteiger charge is -2.00. The Hall–Kier alpha value is -0.890. The van der Waals surface area contributed by atoms with Gasteiger partial charge in [-0.05, 0) is 37.4 Å². The Kier molecular flexibility index (Phi) is 3.74. The van der Waals surface area contributed by atoms with Gasteiger partial charge in [0.15, 0.2) is 0 Å². The Morgan fingerprint density at radius 2 is 1.92 bits per heavy atom. The van der Waals surface area contributed by atoms with Gasteiger partial charge in [-0.3, -0.25) is 0 Å². The molecule has 0 N–H and O–H groups in total. The Morgan fingerprint density at radius 1 is 1.25 bits per heavy atom. The maximum atomic E-state index is 5.26. The van der Waals surface area contributed by atoms with Crippen molar-refractivity contribution in [3.63, 3.8) is 0 Å².